The van der Waals surface area contributed by atoms with Gasteiger partial charge in [0.2, 0.25) is 5.91 Å². The van der Waals surface area contributed by atoms with Gasteiger partial charge in [-0.3, -0.25) is 9.59 Å². The van der Waals surface area contributed by atoms with Crippen LogP contribution in [0.4, 0.5) is 11.4 Å². The lowest BCUT2D eigenvalue weighted by molar-refractivity contribution is -0.116. The van der Waals surface area contributed by atoms with Crippen LogP contribution in [-0.2, 0) is 16.6 Å². The van der Waals surface area contributed by atoms with Crippen molar-refractivity contribution in [2.24, 2.45) is 7.05 Å². The van der Waals surface area contributed by atoms with Crippen molar-refractivity contribution in [3.8, 4) is 0 Å². The minimum atomic E-state index is -0.119. The number of fused-ring (bicyclic) bond motifs is 1. The quantitative estimate of drug-likeness (QED) is 0.580. The zero-order chi connectivity index (χ0) is 22.0. The van der Waals surface area contributed by atoms with E-state index in [1.807, 2.05) is 49.7 Å². The van der Waals surface area contributed by atoms with Crippen molar-refractivity contribution < 1.29 is 9.59 Å². The molecule has 0 saturated heterocycles. The van der Waals surface area contributed by atoms with Gasteiger partial charge in [0.1, 0.15) is 0 Å². The summed E-state index contributed by atoms with van der Waals surface area (Å²) in [5.41, 5.74) is 5.94. The number of amides is 2. The minimum absolute atomic E-state index is 0.00536. The van der Waals surface area contributed by atoms with Crippen molar-refractivity contribution in [2.75, 3.05) is 30.3 Å². The SMILES string of the molecule is CCN(CC)CCC(=O)Nc1c(C)c(/C=C2\C(=O)Nc3ccc(Br)cc32)n(C)c1C. The summed E-state index contributed by atoms with van der Waals surface area (Å²) in [4.78, 5) is 27.3. The molecular weight excluding hydrogens is 444 g/mol. The molecule has 2 heterocycles. The van der Waals surface area contributed by atoms with Gasteiger partial charge in [0, 0.05) is 47.1 Å². The van der Waals surface area contributed by atoms with E-state index in [1.165, 1.54) is 0 Å². The Bertz CT molecular complexity index is 1020. The van der Waals surface area contributed by atoms with Crippen LogP contribution in [0.2, 0.25) is 0 Å². The normalized spacial score (nSPS) is 14.4. The Balaban J connectivity index is 1.89. The number of carbonyl (C=O) groups excluding carboxylic acids is 2. The van der Waals surface area contributed by atoms with Crippen molar-refractivity contribution in [1.29, 1.82) is 0 Å². The van der Waals surface area contributed by atoms with Crippen LogP contribution in [0.15, 0.2) is 22.7 Å². The van der Waals surface area contributed by atoms with Gasteiger partial charge in [0.05, 0.1) is 11.3 Å². The molecule has 2 aromatic rings. The van der Waals surface area contributed by atoms with Gasteiger partial charge in [-0.1, -0.05) is 29.8 Å². The van der Waals surface area contributed by atoms with Gasteiger partial charge in [-0.25, -0.2) is 0 Å². The molecule has 0 unspecified atom stereocenters. The Kier molecular flexibility index (Phi) is 6.83. The number of rotatable bonds is 7. The summed E-state index contributed by atoms with van der Waals surface area (Å²) in [6.07, 6.45) is 2.36. The number of hydrogen-bond acceptors (Lipinski definition) is 3. The maximum atomic E-state index is 12.6. The molecule has 3 rings (SSSR count). The number of nitrogens with zero attached hydrogens (tertiary/aromatic N) is 2. The smallest absolute Gasteiger partial charge is 0.256 e. The van der Waals surface area contributed by atoms with Crippen molar-refractivity contribution in [1.82, 2.24) is 9.47 Å². The number of benzene rings is 1. The average molecular weight is 473 g/mol. The number of nitrogens with one attached hydrogen (secondary N) is 2. The van der Waals surface area contributed by atoms with Gasteiger partial charge >= 0.3 is 0 Å². The highest BCUT2D eigenvalue weighted by Gasteiger charge is 2.26. The molecule has 1 aliphatic rings. The fourth-order valence-electron chi connectivity index (χ4n) is 3.83. The third-order valence-electron chi connectivity index (χ3n) is 5.85. The van der Waals surface area contributed by atoms with Crippen LogP contribution in [0, 0.1) is 13.8 Å². The molecule has 0 saturated carbocycles. The molecule has 0 spiro atoms. The van der Waals surface area contributed by atoms with Gasteiger partial charge < -0.3 is 20.1 Å². The van der Waals surface area contributed by atoms with Gasteiger partial charge in [-0.2, -0.15) is 0 Å². The van der Waals surface area contributed by atoms with E-state index >= 15 is 0 Å². The second-order valence-corrected chi connectivity index (χ2v) is 8.47. The lowest BCUT2D eigenvalue weighted by Crippen LogP contribution is -2.27. The number of carbonyl (C=O) groups is 2. The monoisotopic (exact) mass is 472 g/mol. The van der Waals surface area contributed by atoms with Crippen LogP contribution in [0.25, 0.3) is 11.6 Å². The Hall–Kier alpha value is -2.38. The molecule has 1 aromatic heterocycles. The van der Waals surface area contributed by atoms with Crippen LogP contribution in [0.3, 0.4) is 0 Å². The Labute approximate surface area is 186 Å². The van der Waals surface area contributed by atoms with Crippen LogP contribution < -0.4 is 10.6 Å². The second kappa shape index (κ2) is 9.18. The first-order valence-corrected chi connectivity index (χ1v) is 11.1. The summed E-state index contributed by atoms with van der Waals surface area (Å²) in [5, 5.41) is 6.00. The number of aromatic nitrogens is 1. The Morgan fingerprint density at radius 2 is 1.97 bits per heavy atom. The highest BCUT2D eigenvalue weighted by molar-refractivity contribution is 9.10. The first-order valence-electron chi connectivity index (χ1n) is 10.3. The van der Waals surface area contributed by atoms with Crippen molar-refractivity contribution in [2.45, 2.75) is 34.1 Å². The van der Waals surface area contributed by atoms with Gasteiger partial charge in [-0.15, -0.1) is 0 Å². The van der Waals surface area contributed by atoms with Crippen LogP contribution >= 0.6 is 15.9 Å². The maximum Gasteiger partial charge on any atom is 0.256 e. The highest BCUT2D eigenvalue weighted by Crippen LogP contribution is 2.37. The summed E-state index contributed by atoms with van der Waals surface area (Å²) in [5.74, 6) is -0.114. The molecule has 2 N–H and O–H groups in total. The fourth-order valence-corrected chi connectivity index (χ4v) is 4.19. The maximum absolute atomic E-state index is 12.6. The molecule has 0 radical (unpaired) electrons. The van der Waals surface area contributed by atoms with E-state index in [1.54, 1.807) is 0 Å². The number of halogens is 1. The van der Waals surface area contributed by atoms with E-state index in [-0.39, 0.29) is 11.8 Å². The first kappa shape index (κ1) is 22.3. The fraction of sp³-hybridized carbons (Fsp3) is 0.391. The third-order valence-corrected chi connectivity index (χ3v) is 6.34. The van der Waals surface area contributed by atoms with E-state index in [0.29, 0.717) is 12.0 Å². The van der Waals surface area contributed by atoms with E-state index < -0.39 is 0 Å². The molecule has 1 aromatic carbocycles. The van der Waals surface area contributed by atoms with Gasteiger partial charge in [0.15, 0.2) is 0 Å². The largest absolute Gasteiger partial charge is 0.346 e. The number of hydrogen-bond donors (Lipinski definition) is 2. The molecule has 1 aliphatic heterocycles. The van der Waals surface area contributed by atoms with Crippen LogP contribution in [0.1, 0.15) is 42.8 Å². The van der Waals surface area contributed by atoms with Crippen molar-refractivity contribution in [3.63, 3.8) is 0 Å². The zero-order valence-electron chi connectivity index (χ0n) is 18.2. The predicted octanol–water partition coefficient (Wildman–Crippen LogP) is 4.57. The highest BCUT2D eigenvalue weighted by atomic mass is 79.9. The van der Waals surface area contributed by atoms with Crippen LogP contribution in [-0.4, -0.2) is 40.9 Å². The predicted molar refractivity (Wildman–Crippen MR) is 127 cm³/mol. The molecule has 0 aliphatic carbocycles. The standard InChI is InChI=1S/C23H29BrN4O2/c1-6-28(7-2)11-10-21(29)26-22-14(3)20(27(5)15(22)4)13-18-17-12-16(24)8-9-19(17)25-23(18)30/h8-9,12-13H,6-7,10-11H2,1-5H3,(H,25,30)(H,26,29)/b18-13-. The van der Waals surface area contributed by atoms with Crippen LogP contribution in [0.5, 0.6) is 0 Å². The molecule has 0 bridgehead atoms. The van der Waals surface area contributed by atoms with E-state index in [0.717, 1.165) is 58.0 Å². The zero-order valence-corrected chi connectivity index (χ0v) is 19.8. The average Bonchev–Trinajstić information content (AvgIpc) is 3.12. The molecule has 0 atom stereocenters. The summed E-state index contributed by atoms with van der Waals surface area (Å²) >= 11 is 3.48. The molecule has 2 amide bonds. The molecule has 160 valence electrons. The van der Waals surface area contributed by atoms with E-state index in [4.69, 9.17) is 0 Å². The summed E-state index contributed by atoms with van der Waals surface area (Å²) in [6, 6.07) is 5.74. The van der Waals surface area contributed by atoms with Gasteiger partial charge in [-0.05, 0) is 56.8 Å². The molecular formula is C23H29BrN4O2. The minimum Gasteiger partial charge on any atom is -0.346 e. The molecule has 7 heteroatoms. The third kappa shape index (κ3) is 4.37. The first-order chi connectivity index (χ1) is 14.3. The van der Waals surface area contributed by atoms with Gasteiger partial charge in [0.25, 0.3) is 5.91 Å². The van der Waals surface area contributed by atoms with E-state index in [9.17, 15) is 9.59 Å². The van der Waals surface area contributed by atoms with Crippen molar-refractivity contribution >= 4 is 50.8 Å². The lowest BCUT2D eigenvalue weighted by Gasteiger charge is -2.17. The molecule has 0 fully saturated rings. The lowest BCUT2D eigenvalue weighted by atomic mass is 10.0. The summed E-state index contributed by atoms with van der Waals surface area (Å²) < 4.78 is 2.94. The Morgan fingerprint density at radius 3 is 2.63 bits per heavy atom. The van der Waals surface area contributed by atoms with E-state index in [2.05, 4.69) is 45.3 Å². The summed E-state index contributed by atoms with van der Waals surface area (Å²) in [6.45, 7) is 10.8. The Morgan fingerprint density at radius 1 is 1.27 bits per heavy atom. The summed E-state index contributed by atoms with van der Waals surface area (Å²) in [7, 11) is 1.95. The molecule has 6 nitrogen and oxygen atoms in total. The van der Waals surface area contributed by atoms with Crippen molar-refractivity contribution in [3.05, 3.63) is 45.2 Å². The molecule has 30 heavy (non-hydrogen) atoms. The number of anilines is 2. The topological polar surface area (TPSA) is 66.4 Å². The second-order valence-electron chi connectivity index (χ2n) is 7.56.